The van der Waals surface area contributed by atoms with Crippen LogP contribution in [0.15, 0.2) is 0 Å². The molecule has 2 fully saturated rings. The smallest absolute Gasteiger partial charge is 0.243 e. The standard InChI is InChI=1S/C24H44N4O3/c1-4-9-21(23(30)27-20(22(25)29)16-17(2)3)28-15-13-19(24(28)31)26-14-8-12-18-10-6-5-7-11-18/h17-21,26H,4-16H2,1-3H3,(H2,25,29)(H,27,30)/t19-,20+,21+/m1/s1. The van der Waals surface area contributed by atoms with Crippen molar-refractivity contribution in [3.05, 3.63) is 0 Å². The van der Waals surface area contributed by atoms with Crippen LogP contribution in [-0.2, 0) is 14.4 Å². The van der Waals surface area contributed by atoms with E-state index in [0.717, 1.165) is 31.7 Å². The maximum absolute atomic E-state index is 13.0. The van der Waals surface area contributed by atoms with E-state index in [9.17, 15) is 14.4 Å². The SMILES string of the molecule is CCC[C@@H](C(=O)N[C@@H](CC(C)C)C(N)=O)N1CC[C@@H](NCCCC2CCCCC2)C1=O. The number of nitrogens with two attached hydrogens (primary N) is 1. The second-order valence-electron chi connectivity index (χ2n) is 9.87. The van der Waals surface area contributed by atoms with Gasteiger partial charge in [0.15, 0.2) is 0 Å². The number of rotatable bonds is 13. The minimum Gasteiger partial charge on any atom is -0.368 e. The number of carbonyl (C=O) groups excluding carboxylic acids is 3. The molecule has 1 saturated heterocycles. The lowest BCUT2D eigenvalue weighted by Gasteiger charge is -2.29. The summed E-state index contributed by atoms with van der Waals surface area (Å²) >= 11 is 0. The molecule has 7 heteroatoms. The molecule has 1 heterocycles. The molecule has 0 bridgehead atoms. The van der Waals surface area contributed by atoms with Crippen LogP contribution in [0.2, 0.25) is 0 Å². The fraction of sp³-hybridized carbons (Fsp3) is 0.875. The molecule has 3 amide bonds. The summed E-state index contributed by atoms with van der Waals surface area (Å²) in [6.07, 6.45) is 11.7. The lowest BCUT2D eigenvalue weighted by atomic mass is 9.86. The van der Waals surface area contributed by atoms with Crippen LogP contribution in [-0.4, -0.2) is 53.8 Å². The molecule has 0 aromatic heterocycles. The summed E-state index contributed by atoms with van der Waals surface area (Å²) in [7, 11) is 0. The van der Waals surface area contributed by atoms with Gasteiger partial charge in [-0.15, -0.1) is 0 Å². The van der Waals surface area contributed by atoms with Crippen LogP contribution in [0.3, 0.4) is 0 Å². The quantitative estimate of drug-likeness (QED) is 0.386. The van der Waals surface area contributed by atoms with Gasteiger partial charge in [-0.3, -0.25) is 14.4 Å². The van der Waals surface area contributed by atoms with E-state index >= 15 is 0 Å². The highest BCUT2D eigenvalue weighted by atomic mass is 16.2. The first-order chi connectivity index (χ1) is 14.8. The summed E-state index contributed by atoms with van der Waals surface area (Å²) in [6, 6.07) is -1.44. The molecule has 178 valence electrons. The van der Waals surface area contributed by atoms with Gasteiger partial charge in [0.1, 0.15) is 12.1 Å². The van der Waals surface area contributed by atoms with E-state index in [2.05, 4.69) is 10.6 Å². The zero-order chi connectivity index (χ0) is 22.8. The molecule has 0 radical (unpaired) electrons. The molecule has 1 saturated carbocycles. The minimum absolute atomic E-state index is 0.00532. The molecular weight excluding hydrogens is 392 g/mol. The largest absolute Gasteiger partial charge is 0.368 e. The van der Waals surface area contributed by atoms with Crippen molar-refractivity contribution in [1.82, 2.24) is 15.5 Å². The van der Waals surface area contributed by atoms with Gasteiger partial charge in [-0.1, -0.05) is 59.3 Å². The van der Waals surface area contributed by atoms with Gasteiger partial charge in [0, 0.05) is 6.54 Å². The van der Waals surface area contributed by atoms with Crippen molar-refractivity contribution in [3.63, 3.8) is 0 Å². The van der Waals surface area contributed by atoms with Crippen molar-refractivity contribution in [2.24, 2.45) is 17.6 Å². The maximum atomic E-state index is 13.0. The fourth-order valence-electron chi connectivity index (χ4n) is 5.03. The van der Waals surface area contributed by atoms with Gasteiger partial charge in [-0.25, -0.2) is 0 Å². The highest BCUT2D eigenvalue weighted by Gasteiger charge is 2.39. The number of hydrogen-bond acceptors (Lipinski definition) is 4. The van der Waals surface area contributed by atoms with Crippen LogP contribution >= 0.6 is 0 Å². The van der Waals surface area contributed by atoms with Crippen LogP contribution in [0, 0.1) is 11.8 Å². The Hall–Kier alpha value is -1.63. The zero-order valence-corrected chi connectivity index (χ0v) is 19.8. The maximum Gasteiger partial charge on any atom is 0.243 e. The summed E-state index contributed by atoms with van der Waals surface area (Å²) in [5.41, 5.74) is 5.49. The molecule has 1 aliphatic heterocycles. The summed E-state index contributed by atoms with van der Waals surface area (Å²) in [4.78, 5) is 39.4. The highest BCUT2D eigenvalue weighted by molar-refractivity contribution is 5.93. The van der Waals surface area contributed by atoms with E-state index in [1.54, 1.807) is 4.90 Å². The molecule has 3 atom stereocenters. The predicted molar refractivity (Wildman–Crippen MR) is 123 cm³/mol. The van der Waals surface area contributed by atoms with Gasteiger partial charge in [-0.2, -0.15) is 0 Å². The third-order valence-corrected chi connectivity index (χ3v) is 6.75. The first-order valence-electron chi connectivity index (χ1n) is 12.5. The van der Waals surface area contributed by atoms with Crippen LogP contribution in [0.25, 0.3) is 0 Å². The Labute approximate surface area is 188 Å². The van der Waals surface area contributed by atoms with Gasteiger partial charge in [0.05, 0.1) is 6.04 Å². The van der Waals surface area contributed by atoms with Gasteiger partial charge in [0.2, 0.25) is 17.7 Å². The Morgan fingerprint density at radius 3 is 2.48 bits per heavy atom. The second kappa shape index (κ2) is 13.0. The molecule has 4 N–H and O–H groups in total. The topological polar surface area (TPSA) is 105 Å². The molecule has 7 nitrogen and oxygen atoms in total. The summed E-state index contributed by atoms with van der Waals surface area (Å²) in [5, 5.41) is 6.23. The lowest BCUT2D eigenvalue weighted by molar-refractivity contribution is -0.139. The van der Waals surface area contributed by atoms with Crippen molar-refractivity contribution >= 4 is 17.7 Å². The van der Waals surface area contributed by atoms with E-state index in [-0.39, 0.29) is 23.8 Å². The normalized spacial score (nSPS) is 22.0. The van der Waals surface area contributed by atoms with Crippen LogP contribution in [0.4, 0.5) is 0 Å². The van der Waals surface area contributed by atoms with Crippen molar-refractivity contribution in [1.29, 1.82) is 0 Å². The minimum atomic E-state index is -0.696. The van der Waals surface area contributed by atoms with Crippen molar-refractivity contribution < 1.29 is 14.4 Å². The summed E-state index contributed by atoms with van der Waals surface area (Å²) in [5.74, 6) is 0.303. The molecule has 0 aromatic carbocycles. The number of amides is 3. The van der Waals surface area contributed by atoms with Gasteiger partial charge in [-0.05, 0) is 50.5 Å². The fourth-order valence-corrected chi connectivity index (χ4v) is 5.03. The molecule has 0 spiro atoms. The molecule has 2 aliphatic rings. The van der Waals surface area contributed by atoms with E-state index in [1.807, 2.05) is 20.8 Å². The first-order valence-corrected chi connectivity index (χ1v) is 12.5. The third-order valence-electron chi connectivity index (χ3n) is 6.75. The predicted octanol–water partition coefficient (Wildman–Crippen LogP) is 2.72. The first kappa shape index (κ1) is 25.6. The summed E-state index contributed by atoms with van der Waals surface area (Å²) < 4.78 is 0. The summed E-state index contributed by atoms with van der Waals surface area (Å²) in [6.45, 7) is 7.40. The highest BCUT2D eigenvalue weighted by Crippen LogP contribution is 2.27. The van der Waals surface area contributed by atoms with E-state index in [0.29, 0.717) is 19.4 Å². The molecule has 1 aliphatic carbocycles. The second-order valence-corrected chi connectivity index (χ2v) is 9.87. The number of primary amides is 1. The number of hydrogen-bond donors (Lipinski definition) is 3. The van der Waals surface area contributed by atoms with Gasteiger partial charge in [0.25, 0.3) is 0 Å². The monoisotopic (exact) mass is 436 g/mol. The molecule has 31 heavy (non-hydrogen) atoms. The van der Waals surface area contributed by atoms with Gasteiger partial charge < -0.3 is 21.3 Å². The Morgan fingerprint density at radius 2 is 1.87 bits per heavy atom. The number of carbonyl (C=O) groups is 3. The Balaban J connectivity index is 1.85. The van der Waals surface area contributed by atoms with Crippen molar-refractivity contribution in [2.45, 2.75) is 110 Å². The van der Waals surface area contributed by atoms with Crippen LogP contribution in [0.1, 0.15) is 91.4 Å². The van der Waals surface area contributed by atoms with Crippen molar-refractivity contribution in [3.8, 4) is 0 Å². The average Bonchev–Trinajstić information content (AvgIpc) is 3.09. The number of nitrogens with one attached hydrogen (secondary N) is 2. The van der Waals surface area contributed by atoms with Crippen LogP contribution in [0.5, 0.6) is 0 Å². The van der Waals surface area contributed by atoms with E-state index < -0.39 is 18.0 Å². The van der Waals surface area contributed by atoms with Crippen LogP contribution < -0.4 is 16.4 Å². The molecule has 2 rings (SSSR count). The Morgan fingerprint density at radius 1 is 1.16 bits per heavy atom. The average molecular weight is 437 g/mol. The number of likely N-dealkylation sites (tertiary alicyclic amines) is 1. The van der Waals surface area contributed by atoms with Crippen molar-refractivity contribution in [2.75, 3.05) is 13.1 Å². The van der Waals surface area contributed by atoms with E-state index in [4.69, 9.17) is 5.73 Å². The van der Waals surface area contributed by atoms with Gasteiger partial charge >= 0.3 is 0 Å². The Kier molecular flexibility index (Phi) is 10.8. The zero-order valence-electron chi connectivity index (χ0n) is 19.8. The Bertz CT molecular complexity index is 589. The lowest BCUT2D eigenvalue weighted by Crippen LogP contribution is -2.54. The molecular formula is C24H44N4O3. The number of nitrogens with zero attached hydrogens (tertiary/aromatic N) is 1. The third kappa shape index (κ3) is 8.09. The van der Waals surface area contributed by atoms with E-state index in [1.165, 1.54) is 38.5 Å². The molecule has 0 aromatic rings. The molecule has 0 unspecified atom stereocenters.